The summed E-state index contributed by atoms with van der Waals surface area (Å²) in [5.74, 6) is -5.04. The standard InChI is InChI=1S/C14H6F6N4O6/c15-13(16,17)11(25)21-5-1-7-8(10(3-5)24(29)30)2-6(4-9(7)23(27)28)22-12(26)14(18,19)20/h1-4H,(H,21,25)(H,22,26). The highest BCUT2D eigenvalue weighted by atomic mass is 19.4. The lowest BCUT2D eigenvalue weighted by Crippen LogP contribution is -2.30. The molecule has 30 heavy (non-hydrogen) atoms. The second kappa shape index (κ2) is 7.45. The number of rotatable bonds is 4. The van der Waals surface area contributed by atoms with Crippen LogP contribution in [0.25, 0.3) is 10.8 Å². The fraction of sp³-hybridized carbons (Fsp3) is 0.143. The number of hydrogen-bond acceptors (Lipinski definition) is 6. The molecule has 0 unspecified atom stereocenters. The zero-order valence-corrected chi connectivity index (χ0v) is 13.9. The minimum absolute atomic E-state index is 0.422. The van der Waals surface area contributed by atoms with Gasteiger partial charge in [-0.15, -0.1) is 0 Å². The smallest absolute Gasteiger partial charge is 0.318 e. The second-order valence-electron chi connectivity index (χ2n) is 5.50. The summed E-state index contributed by atoms with van der Waals surface area (Å²) in [4.78, 5) is 42.2. The van der Waals surface area contributed by atoms with Crippen molar-refractivity contribution in [2.45, 2.75) is 12.4 Å². The van der Waals surface area contributed by atoms with Crippen molar-refractivity contribution in [3.05, 3.63) is 44.5 Å². The molecule has 2 amide bonds. The SMILES string of the molecule is O=C(Nc1cc([N+](=O)[O-])c2cc(NC(=O)C(F)(F)F)cc([N+](=O)[O-])c2c1)C(F)(F)F. The van der Waals surface area contributed by atoms with Crippen LogP contribution >= 0.6 is 0 Å². The van der Waals surface area contributed by atoms with Gasteiger partial charge in [-0.2, -0.15) is 26.3 Å². The number of benzene rings is 2. The number of alkyl halides is 6. The highest BCUT2D eigenvalue weighted by molar-refractivity contribution is 6.06. The molecule has 2 rings (SSSR count). The largest absolute Gasteiger partial charge is 0.471 e. The Kier molecular flexibility index (Phi) is 5.54. The molecule has 0 aliphatic heterocycles. The zero-order chi connectivity index (χ0) is 23.0. The van der Waals surface area contributed by atoms with Crippen LogP contribution in [0.1, 0.15) is 0 Å². The topological polar surface area (TPSA) is 144 Å². The Hall–Kier alpha value is -3.98. The van der Waals surface area contributed by atoms with Crippen molar-refractivity contribution < 1.29 is 45.8 Å². The second-order valence-corrected chi connectivity index (χ2v) is 5.50. The summed E-state index contributed by atoms with van der Waals surface area (Å²) < 4.78 is 74.4. The van der Waals surface area contributed by atoms with Crippen molar-refractivity contribution in [3.8, 4) is 0 Å². The van der Waals surface area contributed by atoms with Crippen LogP contribution in [-0.4, -0.2) is 34.0 Å². The predicted octanol–water partition coefficient (Wildman–Crippen LogP) is 3.66. The Morgan fingerprint density at radius 3 is 1.23 bits per heavy atom. The number of non-ortho nitro benzene ring substituents is 2. The minimum atomic E-state index is -5.37. The number of nitro groups is 2. The normalized spacial score (nSPS) is 11.8. The molecule has 2 aromatic carbocycles. The molecule has 0 aliphatic rings. The summed E-state index contributed by atoms with van der Waals surface area (Å²) in [6, 6.07) is 2.04. The molecule has 0 aliphatic carbocycles. The Morgan fingerprint density at radius 1 is 0.700 bits per heavy atom. The number of carbonyl (C=O) groups is 2. The maximum atomic E-state index is 12.4. The van der Waals surface area contributed by atoms with Gasteiger partial charge in [0.15, 0.2) is 0 Å². The van der Waals surface area contributed by atoms with Crippen molar-refractivity contribution in [1.82, 2.24) is 0 Å². The third kappa shape index (κ3) is 4.70. The van der Waals surface area contributed by atoms with E-state index < -0.39 is 67.5 Å². The van der Waals surface area contributed by atoms with E-state index in [1.807, 2.05) is 0 Å². The summed E-state index contributed by atoms with van der Waals surface area (Å²) in [6.07, 6.45) is -10.7. The predicted molar refractivity (Wildman–Crippen MR) is 86.6 cm³/mol. The fourth-order valence-corrected chi connectivity index (χ4v) is 2.27. The third-order valence-electron chi connectivity index (χ3n) is 3.45. The van der Waals surface area contributed by atoms with Gasteiger partial charge in [0.2, 0.25) is 0 Å². The van der Waals surface area contributed by atoms with Gasteiger partial charge in [0.05, 0.1) is 20.6 Å². The van der Waals surface area contributed by atoms with Gasteiger partial charge in [-0.05, 0) is 12.1 Å². The number of nitro benzene ring substituents is 2. The van der Waals surface area contributed by atoms with Crippen LogP contribution in [0, 0.1) is 20.2 Å². The monoisotopic (exact) mass is 440 g/mol. The number of fused-ring (bicyclic) bond motifs is 1. The summed E-state index contributed by atoms with van der Waals surface area (Å²) >= 11 is 0. The molecule has 2 aromatic rings. The molecule has 0 spiro atoms. The number of hydrogen-bond donors (Lipinski definition) is 2. The van der Waals surface area contributed by atoms with Gasteiger partial charge in [-0.25, -0.2) is 0 Å². The van der Waals surface area contributed by atoms with Crippen LogP contribution in [0.3, 0.4) is 0 Å². The number of nitrogens with one attached hydrogen (secondary N) is 2. The van der Waals surface area contributed by atoms with E-state index in [2.05, 4.69) is 0 Å². The molecule has 10 nitrogen and oxygen atoms in total. The molecule has 0 fully saturated rings. The Morgan fingerprint density at radius 2 is 1.00 bits per heavy atom. The van der Waals surface area contributed by atoms with Gasteiger partial charge in [-0.3, -0.25) is 29.8 Å². The molecule has 0 bridgehead atoms. The first-order valence-electron chi connectivity index (χ1n) is 7.28. The average molecular weight is 440 g/mol. The molecule has 0 radical (unpaired) electrons. The van der Waals surface area contributed by atoms with E-state index >= 15 is 0 Å². The van der Waals surface area contributed by atoms with E-state index in [0.29, 0.717) is 24.3 Å². The lowest BCUT2D eigenvalue weighted by atomic mass is 10.0. The zero-order valence-electron chi connectivity index (χ0n) is 13.9. The molecule has 2 N–H and O–H groups in total. The van der Waals surface area contributed by atoms with E-state index in [0.717, 1.165) is 0 Å². The van der Waals surface area contributed by atoms with Gasteiger partial charge >= 0.3 is 24.2 Å². The Balaban J connectivity index is 2.72. The van der Waals surface area contributed by atoms with Crippen molar-refractivity contribution >= 4 is 45.3 Å². The fourth-order valence-electron chi connectivity index (χ4n) is 2.27. The van der Waals surface area contributed by atoms with Crippen LogP contribution in [0.2, 0.25) is 0 Å². The van der Waals surface area contributed by atoms with Crippen molar-refractivity contribution in [3.63, 3.8) is 0 Å². The Labute approximate surface area is 159 Å². The third-order valence-corrected chi connectivity index (χ3v) is 3.45. The van der Waals surface area contributed by atoms with Gasteiger partial charge in [0, 0.05) is 23.5 Å². The van der Waals surface area contributed by atoms with E-state index in [-0.39, 0.29) is 0 Å². The first-order chi connectivity index (χ1) is 13.6. The summed E-state index contributed by atoms with van der Waals surface area (Å²) in [5, 5.41) is 23.8. The van der Waals surface area contributed by atoms with Crippen LogP contribution < -0.4 is 10.6 Å². The van der Waals surface area contributed by atoms with Crippen LogP contribution in [-0.2, 0) is 9.59 Å². The van der Waals surface area contributed by atoms with Crippen molar-refractivity contribution in [2.24, 2.45) is 0 Å². The molecule has 0 saturated heterocycles. The molecule has 16 heteroatoms. The molecule has 0 aromatic heterocycles. The van der Waals surface area contributed by atoms with Gasteiger partial charge in [0.1, 0.15) is 0 Å². The number of carbonyl (C=O) groups excluding carboxylic acids is 2. The number of halogens is 6. The molecule has 160 valence electrons. The van der Waals surface area contributed by atoms with Crippen LogP contribution in [0.4, 0.5) is 49.1 Å². The number of nitrogens with zero attached hydrogens (tertiary/aromatic N) is 2. The molecule has 0 saturated carbocycles. The molecule has 0 heterocycles. The van der Waals surface area contributed by atoms with E-state index in [1.165, 1.54) is 10.6 Å². The molecule has 0 atom stereocenters. The number of amides is 2. The molecular formula is C14H6F6N4O6. The average Bonchev–Trinajstić information content (AvgIpc) is 2.58. The lowest BCUT2D eigenvalue weighted by molar-refractivity contribution is -0.384. The first kappa shape index (κ1) is 22.3. The number of anilines is 2. The summed E-state index contributed by atoms with van der Waals surface area (Å²) in [7, 11) is 0. The van der Waals surface area contributed by atoms with E-state index in [1.54, 1.807) is 0 Å². The summed E-state index contributed by atoms with van der Waals surface area (Å²) in [5.41, 5.74) is -3.80. The molecular weight excluding hydrogens is 434 g/mol. The van der Waals surface area contributed by atoms with Crippen LogP contribution in [0.15, 0.2) is 24.3 Å². The highest BCUT2D eigenvalue weighted by Crippen LogP contribution is 2.38. The van der Waals surface area contributed by atoms with Gasteiger partial charge in [-0.1, -0.05) is 0 Å². The highest BCUT2D eigenvalue weighted by Gasteiger charge is 2.40. The first-order valence-corrected chi connectivity index (χ1v) is 7.28. The Bertz CT molecular complexity index is 996. The van der Waals surface area contributed by atoms with E-state index in [4.69, 9.17) is 0 Å². The van der Waals surface area contributed by atoms with Gasteiger partial charge < -0.3 is 10.6 Å². The maximum Gasteiger partial charge on any atom is 0.471 e. The quantitative estimate of drug-likeness (QED) is 0.422. The van der Waals surface area contributed by atoms with Crippen molar-refractivity contribution in [1.29, 1.82) is 0 Å². The van der Waals surface area contributed by atoms with Crippen LogP contribution in [0.5, 0.6) is 0 Å². The lowest BCUT2D eigenvalue weighted by Gasteiger charge is -2.12. The minimum Gasteiger partial charge on any atom is -0.318 e. The van der Waals surface area contributed by atoms with Gasteiger partial charge in [0.25, 0.3) is 11.4 Å². The van der Waals surface area contributed by atoms with E-state index in [9.17, 15) is 56.2 Å². The summed E-state index contributed by atoms with van der Waals surface area (Å²) in [6.45, 7) is 0. The van der Waals surface area contributed by atoms with Crippen molar-refractivity contribution in [2.75, 3.05) is 10.6 Å². The maximum absolute atomic E-state index is 12.4.